The van der Waals surface area contributed by atoms with Crippen LogP contribution in [-0.4, -0.2) is 10.9 Å². The molecule has 10 heteroatoms. The molecule has 0 aliphatic rings. The van der Waals surface area contributed by atoms with Crippen LogP contribution in [0.15, 0.2) is 48.5 Å². The number of nitro groups is 1. The second kappa shape index (κ2) is 8.74. The second-order valence-corrected chi connectivity index (χ2v) is 6.09. The molecular formula is C21H10F5NO4. The van der Waals surface area contributed by atoms with Gasteiger partial charge in [0.1, 0.15) is 0 Å². The van der Waals surface area contributed by atoms with E-state index >= 15 is 0 Å². The van der Waals surface area contributed by atoms with Crippen LogP contribution in [0.2, 0.25) is 0 Å². The molecule has 0 radical (unpaired) electrons. The number of halogens is 5. The fourth-order valence-corrected chi connectivity index (χ4v) is 2.46. The number of rotatable bonds is 5. The SMILES string of the molecule is O=C(Oc1c(F)c(F)c(F)c(F)c1F)c1ccc(/C=C/c2ccc([N+](=O)[O-])cc2)cc1. The standard InChI is InChI=1S/C21H10F5NO4/c22-15-16(23)18(25)20(19(26)17(15)24)31-21(28)13-7-3-11(4-8-13)1-2-12-5-9-14(10-6-12)27(29)30/h1-10H/b2-1+. The third-order valence-corrected chi connectivity index (χ3v) is 4.08. The van der Waals surface area contributed by atoms with Crippen LogP contribution in [0.5, 0.6) is 5.75 Å². The molecule has 0 bridgehead atoms. The first-order chi connectivity index (χ1) is 14.7. The zero-order valence-corrected chi connectivity index (χ0v) is 15.2. The first kappa shape index (κ1) is 21.6. The Balaban J connectivity index is 1.74. The van der Waals surface area contributed by atoms with Crippen LogP contribution >= 0.6 is 0 Å². The minimum atomic E-state index is -2.36. The van der Waals surface area contributed by atoms with E-state index in [4.69, 9.17) is 0 Å². The predicted molar refractivity (Wildman–Crippen MR) is 99.7 cm³/mol. The molecule has 0 amide bonds. The Morgan fingerprint density at radius 1 is 0.742 bits per heavy atom. The summed E-state index contributed by atoms with van der Waals surface area (Å²) in [5, 5.41) is 10.6. The average Bonchev–Trinajstić information content (AvgIpc) is 2.78. The summed E-state index contributed by atoms with van der Waals surface area (Å²) in [6, 6.07) is 11.1. The van der Waals surface area contributed by atoms with Gasteiger partial charge in [-0.3, -0.25) is 10.1 Å². The Hall–Kier alpha value is -4.08. The van der Waals surface area contributed by atoms with Gasteiger partial charge in [-0.15, -0.1) is 0 Å². The summed E-state index contributed by atoms with van der Waals surface area (Å²) in [7, 11) is 0. The van der Waals surface area contributed by atoms with Crippen LogP contribution in [0.4, 0.5) is 27.6 Å². The number of benzene rings is 3. The van der Waals surface area contributed by atoms with Crippen molar-refractivity contribution in [2.24, 2.45) is 0 Å². The minimum Gasteiger partial charge on any atom is -0.416 e. The van der Waals surface area contributed by atoms with Crippen molar-refractivity contribution in [2.75, 3.05) is 0 Å². The number of nitrogens with zero attached hydrogens (tertiary/aromatic N) is 1. The third-order valence-electron chi connectivity index (χ3n) is 4.08. The van der Waals surface area contributed by atoms with Crippen molar-refractivity contribution >= 4 is 23.8 Å². The molecule has 0 aliphatic heterocycles. The Bertz CT molecular complexity index is 1160. The van der Waals surface area contributed by atoms with Gasteiger partial charge in [-0.25, -0.2) is 18.0 Å². The van der Waals surface area contributed by atoms with Gasteiger partial charge < -0.3 is 4.74 Å². The molecule has 0 saturated carbocycles. The van der Waals surface area contributed by atoms with E-state index in [0.717, 1.165) is 0 Å². The molecule has 158 valence electrons. The maximum Gasteiger partial charge on any atom is 0.343 e. The number of carbonyl (C=O) groups is 1. The van der Waals surface area contributed by atoms with E-state index in [1.807, 2.05) is 0 Å². The maximum atomic E-state index is 13.6. The number of ether oxygens (including phenoxy) is 1. The van der Waals surface area contributed by atoms with Crippen molar-refractivity contribution in [3.05, 3.63) is 104 Å². The molecule has 3 rings (SSSR count). The second-order valence-electron chi connectivity index (χ2n) is 6.09. The Morgan fingerprint density at radius 2 is 1.16 bits per heavy atom. The third kappa shape index (κ3) is 4.58. The molecule has 3 aromatic rings. The molecule has 0 N–H and O–H groups in total. The van der Waals surface area contributed by atoms with Crippen LogP contribution in [0.1, 0.15) is 21.5 Å². The van der Waals surface area contributed by atoms with Crippen molar-refractivity contribution in [1.82, 2.24) is 0 Å². The summed E-state index contributed by atoms with van der Waals surface area (Å²) < 4.78 is 71.1. The van der Waals surface area contributed by atoms with E-state index in [-0.39, 0.29) is 11.3 Å². The van der Waals surface area contributed by atoms with Crippen molar-refractivity contribution in [3.63, 3.8) is 0 Å². The zero-order chi connectivity index (χ0) is 22.7. The Labute approximate surface area is 171 Å². The van der Waals surface area contributed by atoms with Gasteiger partial charge in [-0.05, 0) is 35.4 Å². The van der Waals surface area contributed by atoms with Crippen LogP contribution in [0.25, 0.3) is 12.2 Å². The highest BCUT2D eigenvalue weighted by molar-refractivity contribution is 5.91. The van der Waals surface area contributed by atoms with E-state index in [9.17, 15) is 36.9 Å². The van der Waals surface area contributed by atoms with Crippen LogP contribution in [0, 0.1) is 39.2 Å². The number of nitro benzene ring substituents is 1. The van der Waals surface area contributed by atoms with Gasteiger partial charge in [0.2, 0.25) is 34.8 Å². The molecule has 0 aromatic heterocycles. The number of hydrogen-bond donors (Lipinski definition) is 0. The monoisotopic (exact) mass is 435 g/mol. The average molecular weight is 435 g/mol. The predicted octanol–water partition coefficient (Wildman–Crippen LogP) is 5.68. The summed E-state index contributed by atoms with van der Waals surface area (Å²) in [5.41, 5.74) is 0.997. The molecule has 0 fully saturated rings. The van der Waals surface area contributed by atoms with E-state index < -0.39 is 45.7 Å². The molecule has 5 nitrogen and oxygen atoms in total. The molecule has 31 heavy (non-hydrogen) atoms. The van der Waals surface area contributed by atoms with Crippen LogP contribution in [0.3, 0.4) is 0 Å². The Morgan fingerprint density at radius 3 is 1.61 bits per heavy atom. The molecule has 3 aromatic carbocycles. The number of carbonyl (C=O) groups excluding carboxylic acids is 1. The quantitative estimate of drug-likeness (QED) is 0.0756. The lowest BCUT2D eigenvalue weighted by Gasteiger charge is -2.09. The lowest BCUT2D eigenvalue weighted by atomic mass is 10.1. The van der Waals surface area contributed by atoms with Gasteiger partial charge in [0.25, 0.3) is 5.69 Å². The highest BCUT2D eigenvalue weighted by Crippen LogP contribution is 2.29. The first-order valence-electron chi connectivity index (χ1n) is 8.45. The zero-order valence-electron chi connectivity index (χ0n) is 15.2. The first-order valence-corrected chi connectivity index (χ1v) is 8.45. The topological polar surface area (TPSA) is 69.4 Å². The van der Waals surface area contributed by atoms with Gasteiger partial charge in [0, 0.05) is 12.1 Å². The molecule has 0 aliphatic carbocycles. The fourth-order valence-electron chi connectivity index (χ4n) is 2.46. The lowest BCUT2D eigenvalue weighted by molar-refractivity contribution is -0.384. The van der Waals surface area contributed by atoms with Gasteiger partial charge >= 0.3 is 5.97 Å². The minimum absolute atomic E-state index is 0.0613. The normalized spacial score (nSPS) is 11.0. The molecule has 0 spiro atoms. The molecule has 0 unspecified atom stereocenters. The van der Waals surface area contributed by atoms with Crippen LogP contribution < -0.4 is 4.74 Å². The van der Waals surface area contributed by atoms with Crippen molar-refractivity contribution in [2.45, 2.75) is 0 Å². The summed E-state index contributed by atoms with van der Waals surface area (Å²) >= 11 is 0. The van der Waals surface area contributed by atoms with Gasteiger partial charge in [0.15, 0.2) is 0 Å². The van der Waals surface area contributed by atoms with Crippen molar-refractivity contribution in [1.29, 1.82) is 0 Å². The van der Waals surface area contributed by atoms with Gasteiger partial charge in [-0.1, -0.05) is 24.3 Å². The van der Waals surface area contributed by atoms with E-state index in [1.165, 1.54) is 48.5 Å². The highest BCUT2D eigenvalue weighted by atomic mass is 19.2. The highest BCUT2D eigenvalue weighted by Gasteiger charge is 2.28. The molecule has 0 saturated heterocycles. The summed E-state index contributed by atoms with van der Waals surface area (Å²) in [6.07, 6.45) is 3.27. The summed E-state index contributed by atoms with van der Waals surface area (Å²) in [6.45, 7) is 0. The van der Waals surface area contributed by atoms with Gasteiger partial charge in [0.05, 0.1) is 10.5 Å². The summed E-state index contributed by atoms with van der Waals surface area (Å²) in [5.74, 6) is -14.3. The largest absolute Gasteiger partial charge is 0.416 e. The van der Waals surface area contributed by atoms with Crippen LogP contribution in [-0.2, 0) is 0 Å². The van der Waals surface area contributed by atoms with E-state index in [1.54, 1.807) is 12.2 Å². The lowest BCUT2D eigenvalue weighted by Crippen LogP contribution is -2.13. The maximum absolute atomic E-state index is 13.6. The van der Waals surface area contributed by atoms with E-state index in [0.29, 0.717) is 11.1 Å². The number of hydrogen-bond acceptors (Lipinski definition) is 4. The van der Waals surface area contributed by atoms with Crippen molar-refractivity contribution < 1.29 is 36.4 Å². The molecule has 0 heterocycles. The molecule has 0 atom stereocenters. The summed E-state index contributed by atoms with van der Waals surface area (Å²) in [4.78, 5) is 22.1. The smallest absolute Gasteiger partial charge is 0.343 e. The Kier molecular flexibility index (Phi) is 6.10. The number of esters is 1. The van der Waals surface area contributed by atoms with Crippen molar-refractivity contribution in [3.8, 4) is 5.75 Å². The van der Waals surface area contributed by atoms with Gasteiger partial charge in [-0.2, -0.15) is 8.78 Å². The molecular weight excluding hydrogens is 425 g/mol. The fraction of sp³-hybridized carbons (Fsp3) is 0. The van der Waals surface area contributed by atoms with E-state index in [2.05, 4.69) is 4.74 Å². The number of non-ortho nitro benzene ring substituents is 1.